The molecule has 8 aromatic carbocycles. The Hall–Kier alpha value is -6.72. The molecule has 18 nitrogen and oxygen atoms in total. The summed E-state index contributed by atoms with van der Waals surface area (Å²) < 4.78 is 80.1. The maximum atomic E-state index is 13.4. The van der Waals surface area contributed by atoms with Crippen LogP contribution in [0.15, 0.2) is 164 Å². The Morgan fingerprint density at radius 2 is 1.00 bits per heavy atom. The molecule has 0 spiro atoms. The number of amides is 2. The number of carbonyl (C=O) groups excluding carboxylic acids is 2. The average molecular weight is 1150 g/mol. The molecule has 2 amide bonds. The number of aromatic hydroxyl groups is 1. The number of phenols is 1. The van der Waals surface area contributed by atoms with E-state index in [0.29, 0.717) is 81.6 Å². The van der Waals surface area contributed by atoms with E-state index in [-0.39, 0.29) is 81.7 Å². The van der Waals surface area contributed by atoms with Gasteiger partial charge in [-0.25, -0.2) is 8.42 Å². The Balaban J connectivity index is 0.000000246. The van der Waals surface area contributed by atoms with Crippen molar-refractivity contribution in [2.75, 3.05) is 23.8 Å². The summed E-state index contributed by atoms with van der Waals surface area (Å²) in [5.74, 6) is -1.15. The van der Waals surface area contributed by atoms with Crippen LogP contribution in [-0.2, 0) is 33.1 Å². The van der Waals surface area contributed by atoms with Crippen LogP contribution in [0.25, 0.3) is 21.5 Å². The smallest absolute Gasteiger partial charge is 0.870 e. The SMILES string of the molecule is CCOc1ccc(NC(=O)c2cc3ccccc3c(N=Nc3cc(CC)cc(Cl)c3S(=O)(=O)O)c2O)cc1.CCOc1ccc(NC(=O)c2cc3ccccc3c(N=Nc3cc(CC)cc(Cl)c3S(=O)(=O)[O-])c2[O-])cc1.[Ca+2]. The predicted octanol–water partition coefficient (Wildman–Crippen LogP) is 12.8. The van der Waals surface area contributed by atoms with Gasteiger partial charge in [-0.2, -0.15) is 13.5 Å². The predicted molar refractivity (Wildman–Crippen MR) is 294 cm³/mol. The third-order valence-corrected chi connectivity index (χ3v) is 14.0. The molecule has 0 radical (unpaired) electrons. The second-order valence-corrected chi connectivity index (χ2v) is 19.9. The Kier molecular flexibility index (Phi) is 20.2. The van der Waals surface area contributed by atoms with Gasteiger partial charge in [0.05, 0.1) is 34.5 Å². The number of fused-ring (bicyclic) bond motifs is 2. The molecule has 0 aromatic heterocycles. The van der Waals surface area contributed by atoms with E-state index in [1.807, 2.05) is 27.7 Å². The van der Waals surface area contributed by atoms with E-state index in [1.165, 1.54) is 36.4 Å². The van der Waals surface area contributed by atoms with Gasteiger partial charge >= 0.3 is 37.7 Å². The number of azo groups is 2. The molecule has 0 unspecified atom stereocenters. The quantitative estimate of drug-likeness (QED) is 0.0399. The number of hydrogen-bond acceptors (Lipinski definition) is 15. The van der Waals surface area contributed by atoms with Gasteiger partial charge in [0.15, 0.2) is 5.75 Å². The molecule has 392 valence electrons. The van der Waals surface area contributed by atoms with E-state index in [1.54, 1.807) is 97.1 Å². The van der Waals surface area contributed by atoms with Crippen LogP contribution in [0.5, 0.6) is 23.0 Å². The molecule has 77 heavy (non-hydrogen) atoms. The monoisotopic (exact) mass is 1140 g/mol. The second kappa shape index (κ2) is 26.1. The summed E-state index contributed by atoms with van der Waals surface area (Å²) in [5.41, 5.74) is 1.21. The topological polar surface area (TPSA) is 281 Å². The van der Waals surface area contributed by atoms with Crippen LogP contribution in [0.3, 0.4) is 0 Å². The Labute approximate surface area is 483 Å². The summed E-state index contributed by atoms with van der Waals surface area (Å²) in [6, 6.07) is 35.6. The van der Waals surface area contributed by atoms with E-state index >= 15 is 0 Å². The van der Waals surface area contributed by atoms with Gasteiger partial charge in [0.25, 0.3) is 21.9 Å². The van der Waals surface area contributed by atoms with Crippen molar-refractivity contribution in [2.24, 2.45) is 20.5 Å². The van der Waals surface area contributed by atoms with Crippen LogP contribution in [0.4, 0.5) is 34.1 Å². The molecule has 0 aliphatic heterocycles. The molecule has 0 aliphatic carbocycles. The Morgan fingerprint density at radius 1 is 0.584 bits per heavy atom. The zero-order chi connectivity index (χ0) is 54.9. The first kappa shape index (κ1) is 59.5. The van der Waals surface area contributed by atoms with E-state index in [0.717, 1.165) is 0 Å². The molecule has 8 aromatic rings. The Morgan fingerprint density at radius 3 is 1.45 bits per heavy atom. The fraction of sp³-hybridized carbons (Fsp3) is 0.148. The van der Waals surface area contributed by atoms with Crippen molar-refractivity contribution in [3.8, 4) is 23.0 Å². The van der Waals surface area contributed by atoms with Crippen molar-refractivity contribution in [3.63, 3.8) is 0 Å². The number of nitrogens with one attached hydrogen (secondary N) is 2. The number of rotatable bonds is 16. The first-order valence-electron chi connectivity index (χ1n) is 23.2. The number of benzene rings is 8. The summed E-state index contributed by atoms with van der Waals surface area (Å²) in [6.45, 7) is 8.38. The van der Waals surface area contributed by atoms with E-state index in [4.69, 9.17) is 32.7 Å². The third-order valence-electron chi connectivity index (χ3n) is 11.3. The van der Waals surface area contributed by atoms with Crippen molar-refractivity contribution in [1.29, 1.82) is 0 Å². The number of halogens is 2. The minimum Gasteiger partial charge on any atom is -0.870 e. The van der Waals surface area contributed by atoms with E-state index in [2.05, 4.69) is 31.1 Å². The first-order valence-corrected chi connectivity index (χ1v) is 26.8. The Bertz CT molecular complexity index is 3560. The normalized spacial score (nSPS) is 11.5. The van der Waals surface area contributed by atoms with Crippen LogP contribution < -0.4 is 25.2 Å². The molecule has 0 saturated carbocycles. The first-order chi connectivity index (χ1) is 36.2. The van der Waals surface area contributed by atoms with Gasteiger partial charge < -0.3 is 34.9 Å². The van der Waals surface area contributed by atoms with Crippen molar-refractivity contribution in [1.82, 2.24) is 0 Å². The van der Waals surface area contributed by atoms with Crippen LogP contribution in [-0.4, -0.2) is 93.8 Å². The summed E-state index contributed by atoms with van der Waals surface area (Å²) >= 11 is 12.2. The van der Waals surface area contributed by atoms with Gasteiger partial charge in [-0.15, -0.1) is 15.3 Å². The number of ether oxygens (including phenoxy) is 2. The minimum absolute atomic E-state index is 0. The molecular weight excluding hydrogens is 1100 g/mol. The number of aryl methyl sites for hydroxylation is 2. The number of nitrogens with zero attached hydrogens (tertiary/aromatic N) is 4. The summed E-state index contributed by atoms with van der Waals surface area (Å²) in [6.07, 6.45) is 1.00. The molecule has 0 atom stereocenters. The maximum Gasteiger partial charge on any atom is 2.00 e. The fourth-order valence-electron chi connectivity index (χ4n) is 7.70. The number of carbonyl (C=O) groups is 2. The van der Waals surface area contributed by atoms with E-state index < -0.39 is 53.3 Å². The molecule has 8 rings (SSSR count). The zero-order valence-corrected chi connectivity index (χ0v) is 46.9. The third kappa shape index (κ3) is 14.5. The second-order valence-electron chi connectivity index (χ2n) is 16.4. The number of hydrogen-bond donors (Lipinski definition) is 4. The largest absolute Gasteiger partial charge is 2.00 e. The van der Waals surface area contributed by atoms with Gasteiger partial charge in [0, 0.05) is 27.7 Å². The van der Waals surface area contributed by atoms with Crippen molar-refractivity contribution in [3.05, 3.63) is 166 Å². The van der Waals surface area contributed by atoms with Crippen LogP contribution in [0.1, 0.15) is 59.5 Å². The molecule has 0 heterocycles. The van der Waals surface area contributed by atoms with Crippen LogP contribution >= 0.6 is 23.2 Å². The van der Waals surface area contributed by atoms with Crippen molar-refractivity contribution >= 4 is 149 Å². The fourth-order valence-corrected chi connectivity index (χ4v) is 10.1. The molecule has 23 heteroatoms. The zero-order valence-electron chi connectivity index (χ0n) is 41.6. The van der Waals surface area contributed by atoms with Gasteiger partial charge in [-0.3, -0.25) is 14.1 Å². The molecule has 0 saturated heterocycles. The minimum atomic E-state index is -5.00. The van der Waals surface area contributed by atoms with Gasteiger partial charge in [-0.05, 0) is 134 Å². The summed E-state index contributed by atoms with van der Waals surface area (Å²) in [4.78, 5) is 24.9. The molecule has 4 N–H and O–H groups in total. The maximum absolute atomic E-state index is 13.4. The average Bonchev–Trinajstić information content (AvgIpc) is 3.39. The molecule has 0 fully saturated rings. The molecule has 0 bridgehead atoms. The van der Waals surface area contributed by atoms with Gasteiger partial charge in [0.1, 0.15) is 48.5 Å². The summed E-state index contributed by atoms with van der Waals surface area (Å²) in [5, 5.41) is 47.5. The molecular formula is C54H46CaCl2N6O12S2. The van der Waals surface area contributed by atoms with Crippen molar-refractivity contribution < 1.29 is 55.2 Å². The molecule has 0 aliphatic rings. The number of anilines is 2. The van der Waals surface area contributed by atoms with Crippen molar-refractivity contribution in [2.45, 2.75) is 50.3 Å². The number of phenolic OH excluding ortho intramolecular Hbond substituents is 1. The van der Waals surface area contributed by atoms with E-state index in [9.17, 15) is 45.7 Å². The van der Waals surface area contributed by atoms with Gasteiger partial charge in [0.2, 0.25) is 0 Å². The van der Waals surface area contributed by atoms with Gasteiger partial charge in [-0.1, -0.05) is 91.3 Å². The summed E-state index contributed by atoms with van der Waals surface area (Å²) in [7, 11) is -9.73. The van der Waals surface area contributed by atoms with Crippen LogP contribution in [0.2, 0.25) is 10.0 Å². The van der Waals surface area contributed by atoms with Crippen LogP contribution in [0, 0.1) is 0 Å². The standard InChI is InChI=1S/2C27H24ClN3O6S.Ca/c2*1-3-16-13-22(28)26(38(34,35)36)23(14-16)30-31-24-20-8-6-5-7-17(20)15-21(25(24)32)27(33)29-18-9-11-19(12-10-18)37-4-2;/h2*5-15,32H,3-4H2,1-2H3,(H,29,33)(H,34,35,36);/q;;+2/p-2.